The summed E-state index contributed by atoms with van der Waals surface area (Å²) in [6.45, 7) is 0.632. The molecule has 0 amide bonds. The lowest BCUT2D eigenvalue weighted by Gasteiger charge is -2.07. The fourth-order valence-electron chi connectivity index (χ4n) is 1.18. The molecule has 1 rings (SSSR count). The van der Waals surface area contributed by atoms with Crippen LogP contribution < -0.4 is 5.32 Å². The monoisotopic (exact) mass is 209 g/mol. The molecule has 1 aromatic rings. The Bertz CT molecular complexity index is 325. The van der Waals surface area contributed by atoms with Gasteiger partial charge in [-0.3, -0.25) is 4.79 Å². The summed E-state index contributed by atoms with van der Waals surface area (Å²) in [6, 6.07) is 6.99. The Morgan fingerprint density at radius 2 is 2.20 bits per heavy atom. The van der Waals surface area contributed by atoms with Gasteiger partial charge in [0.1, 0.15) is 5.75 Å². The second-order valence-electron chi connectivity index (χ2n) is 3.12. The number of para-hydroxylation sites is 2. The average molecular weight is 209 g/mol. The molecule has 0 aliphatic carbocycles. The van der Waals surface area contributed by atoms with E-state index < -0.39 is 0 Å². The van der Waals surface area contributed by atoms with Gasteiger partial charge in [0, 0.05) is 13.0 Å². The normalized spacial score (nSPS) is 9.67. The molecule has 0 atom stereocenters. The molecule has 0 heterocycles. The Morgan fingerprint density at radius 3 is 2.87 bits per heavy atom. The summed E-state index contributed by atoms with van der Waals surface area (Å²) in [5, 5.41) is 12.4. The van der Waals surface area contributed by atoms with Gasteiger partial charge >= 0.3 is 5.97 Å². The first-order valence-electron chi connectivity index (χ1n) is 4.82. The van der Waals surface area contributed by atoms with Crippen LogP contribution in [-0.4, -0.2) is 24.7 Å². The zero-order chi connectivity index (χ0) is 11.1. The molecule has 0 aliphatic rings. The van der Waals surface area contributed by atoms with Gasteiger partial charge < -0.3 is 15.2 Å². The number of nitrogens with one attached hydrogen (secondary N) is 1. The second kappa shape index (κ2) is 5.90. The first-order chi connectivity index (χ1) is 7.24. The van der Waals surface area contributed by atoms with Crippen molar-refractivity contribution >= 4 is 11.7 Å². The van der Waals surface area contributed by atoms with Crippen molar-refractivity contribution in [2.75, 3.05) is 19.0 Å². The number of hydrogen-bond donors (Lipinski definition) is 2. The summed E-state index contributed by atoms with van der Waals surface area (Å²) < 4.78 is 4.51. The molecule has 0 aromatic heterocycles. The van der Waals surface area contributed by atoms with Gasteiger partial charge in [-0.25, -0.2) is 0 Å². The highest BCUT2D eigenvalue weighted by Gasteiger charge is 2.00. The van der Waals surface area contributed by atoms with E-state index in [0.717, 1.165) is 0 Å². The Labute approximate surface area is 88.9 Å². The van der Waals surface area contributed by atoms with E-state index >= 15 is 0 Å². The van der Waals surface area contributed by atoms with E-state index in [0.29, 0.717) is 25.1 Å². The summed E-state index contributed by atoms with van der Waals surface area (Å²) in [7, 11) is 1.37. The van der Waals surface area contributed by atoms with Crippen molar-refractivity contribution in [1.82, 2.24) is 0 Å². The number of carbonyl (C=O) groups excluding carboxylic acids is 1. The molecule has 0 saturated heterocycles. The van der Waals surface area contributed by atoms with E-state index in [9.17, 15) is 9.90 Å². The lowest BCUT2D eigenvalue weighted by Crippen LogP contribution is -2.06. The molecule has 0 spiro atoms. The molecule has 15 heavy (non-hydrogen) atoms. The van der Waals surface area contributed by atoms with Crippen molar-refractivity contribution in [2.24, 2.45) is 0 Å². The van der Waals surface area contributed by atoms with Gasteiger partial charge in [-0.05, 0) is 18.6 Å². The van der Waals surface area contributed by atoms with Gasteiger partial charge in [0.2, 0.25) is 0 Å². The van der Waals surface area contributed by atoms with Crippen molar-refractivity contribution in [2.45, 2.75) is 12.8 Å². The van der Waals surface area contributed by atoms with Crippen LogP contribution in [0.2, 0.25) is 0 Å². The van der Waals surface area contributed by atoms with Crippen molar-refractivity contribution in [3.05, 3.63) is 24.3 Å². The SMILES string of the molecule is COC(=O)CCCNc1ccccc1O. The number of phenolic OH excluding ortho intramolecular Hbond substituents is 1. The highest BCUT2D eigenvalue weighted by Crippen LogP contribution is 2.21. The molecule has 4 nitrogen and oxygen atoms in total. The quantitative estimate of drug-likeness (QED) is 0.440. The van der Waals surface area contributed by atoms with E-state index in [1.807, 2.05) is 6.07 Å². The fraction of sp³-hybridized carbons (Fsp3) is 0.364. The predicted octanol–water partition coefficient (Wildman–Crippen LogP) is 1.76. The Balaban J connectivity index is 2.26. The van der Waals surface area contributed by atoms with Crippen LogP contribution in [0.1, 0.15) is 12.8 Å². The van der Waals surface area contributed by atoms with Crippen LogP contribution in [0.3, 0.4) is 0 Å². The van der Waals surface area contributed by atoms with Gasteiger partial charge in [0.05, 0.1) is 12.8 Å². The number of anilines is 1. The van der Waals surface area contributed by atoms with Crippen LogP contribution in [0.25, 0.3) is 0 Å². The maximum absolute atomic E-state index is 10.8. The van der Waals surface area contributed by atoms with E-state index in [4.69, 9.17) is 0 Å². The van der Waals surface area contributed by atoms with E-state index in [-0.39, 0.29) is 11.7 Å². The molecule has 82 valence electrons. The number of aromatic hydroxyl groups is 1. The zero-order valence-electron chi connectivity index (χ0n) is 8.69. The maximum atomic E-state index is 10.8. The molecule has 0 bridgehead atoms. The Hall–Kier alpha value is -1.71. The number of esters is 1. The molecular formula is C11H15NO3. The molecule has 0 unspecified atom stereocenters. The molecule has 0 saturated carbocycles. The number of hydrogen-bond acceptors (Lipinski definition) is 4. The molecule has 1 aromatic carbocycles. The summed E-state index contributed by atoms with van der Waals surface area (Å²) in [5.41, 5.74) is 0.683. The number of benzene rings is 1. The van der Waals surface area contributed by atoms with Crippen LogP contribution in [0.5, 0.6) is 5.75 Å². The lowest BCUT2D eigenvalue weighted by atomic mass is 10.2. The lowest BCUT2D eigenvalue weighted by molar-refractivity contribution is -0.140. The van der Waals surface area contributed by atoms with Crippen LogP contribution in [0.4, 0.5) is 5.69 Å². The Morgan fingerprint density at radius 1 is 1.47 bits per heavy atom. The zero-order valence-corrected chi connectivity index (χ0v) is 8.69. The topological polar surface area (TPSA) is 58.6 Å². The molecule has 0 radical (unpaired) electrons. The standard InChI is InChI=1S/C11H15NO3/c1-15-11(14)7-4-8-12-9-5-2-3-6-10(9)13/h2-3,5-6,12-13H,4,7-8H2,1H3. The maximum Gasteiger partial charge on any atom is 0.305 e. The van der Waals surface area contributed by atoms with Crippen LogP contribution in [0.15, 0.2) is 24.3 Å². The van der Waals surface area contributed by atoms with Crippen molar-refractivity contribution < 1.29 is 14.6 Å². The van der Waals surface area contributed by atoms with Gasteiger partial charge in [-0.2, -0.15) is 0 Å². The van der Waals surface area contributed by atoms with E-state index in [2.05, 4.69) is 10.1 Å². The van der Waals surface area contributed by atoms with Crippen LogP contribution in [0, 0.1) is 0 Å². The smallest absolute Gasteiger partial charge is 0.305 e. The second-order valence-corrected chi connectivity index (χ2v) is 3.12. The summed E-state index contributed by atoms with van der Waals surface area (Å²) in [4.78, 5) is 10.8. The van der Waals surface area contributed by atoms with Gasteiger partial charge in [-0.1, -0.05) is 12.1 Å². The van der Waals surface area contributed by atoms with E-state index in [1.165, 1.54) is 7.11 Å². The summed E-state index contributed by atoms with van der Waals surface area (Å²) in [5.74, 6) is 0.00431. The first-order valence-corrected chi connectivity index (χ1v) is 4.82. The minimum Gasteiger partial charge on any atom is -0.506 e. The van der Waals surface area contributed by atoms with Crippen LogP contribution >= 0.6 is 0 Å². The number of ether oxygens (including phenoxy) is 1. The third-order valence-electron chi connectivity index (χ3n) is 2.00. The molecule has 0 aliphatic heterocycles. The predicted molar refractivity (Wildman–Crippen MR) is 57.8 cm³/mol. The minimum atomic E-state index is -0.214. The largest absolute Gasteiger partial charge is 0.506 e. The number of carbonyl (C=O) groups is 1. The van der Waals surface area contributed by atoms with Crippen molar-refractivity contribution in [1.29, 1.82) is 0 Å². The third kappa shape index (κ3) is 3.89. The molecule has 2 N–H and O–H groups in total. The van der Waals surface area contributed by atoms with Crippen molar-refractivity contribution in [3.8, 4) is 5.75 Å². The van der Waals surface area contributed by atoms with Crippen LogP contribution in [-0.2, 0) is 9.53 Å². The number of methoxy groups -OCH3 is 1. The highest BCUT2D eigenvalue weighted by molar-refractivity contribution is 5.69. The molecular weight excluding hydrogens is 194 g/mol. The highest BCUT2D eigenvalue weighted by atomic mass is 16.5. The fourth-order valence-corrected chi connectivity index (χ4v) is 1.18. The van der Waals surface area contributed by atoms with E-state index in [1.54, 1.807) is 18.2 Å². The number of rotatable bonds is 5. The van der Waals surface area contributed by atoms with Gasteiger partial charge in [0.25, 0.3) is 0 Å². The minimum absolute atomic E-state index is 0.214. The Kier molecular flexibility index (Phi) is 4.47. The summed E-state index contributed by atoms with van der Waals surface area (Å²) >= 11 is 0. The first kappa shape index (κ1) is 11.4. The third-order valence-corrected chi connectivity index (χ3v) is 2.00. The average Bonchev–Trinajstić information content (AvgIpc) is 2.26. The molecule has 4 heteroatoms. The summed E-state index contributed by atoms with van der Waals surface area (Å²) in [6.07, 6.45) is 1.07. The number of phenols is 1. The van der Waals surface area contributed by atoms with Crippen molar-refractivity contribution in [3.63, 3.8) is 0 Å². The van der Waals surface area contributed by atoms with Gasteiger partial charge in [-0.15, -0.1) is 0 Å². The van der Waals surface area contributed by atoms with Gasteiger partial charge in [0.15, 0.2) is 0 Å². The molecule has 0 fully saturated rings.